The maximum absolute atomic E-state index is 12.6. The lowest BCUT2D eigenvalue weighted by molar-refractivity contribution is -0.136. The SMILES string of the molecule is CCCOc1ccc(C(=O)Oc2ccc(Br)cc2/C=N/NC(=O)C(=O)Nc2cccc(C)c2)cc1. The van der Waals surface area contributed by atoms with Gasteiger partial charge in [-0.15, -0.1) is 0 Å². The summed E-state index contributed by atoms with van der Waals surface area (Å²) in [5.41, 5.74) is 4.37. The predicted molar refractivity (Wildman–Crippen MR) is 137 cm³/mol. The van der Waals surface area contributed by atoms with Crippen LogP contribution in [0, 0.1) is 6.92 Å². The van der Waals surface area contributed by atoms with E-state index in [9.17, 15) is 14.4 Å². The van der Waals surface area contributed by atoms with Crippen molar-refractivity contribution in [1.82, 2.24) is 5.43 Å². The van der Waals surface area contributed by atoms with E-state index in [-0.39, 0.29) is 5.75 Å². The number of carbonyl (C=O) groups excluding carboxylic acids is 3. The van der Waals surface area contributed by atoms with Gasteiger partial charge in [-0.2, -0.15) is 5.10 Å². The van der Waals surface area contributed by atoms with Crippen molar-refractivity contribution in [2.24, 2.45) is 5.10 Å². The Balaban J connectivity index is 1.63. The topological polar surface area (TPSA) is 106 Å². The molecule has 0 radical (unpaired) electrons. The van der Waals surface area contributed by atoms with Gasteiger partial charge in [0.15, 0.2) is 0 Å². The number of anilines is 1. The van der Waals surface area contributed by atoms with Crippen molar-refractivity contribution in [3.8, 4) is 11.5 Å². The van der Waals surface area contributed by atoms with Crippen molar-refractivity contribution in [3.63, 3.8) is 0 Å². The Kier molecular flexibility index (Phi) is 9.14. The number of aryl methyl sites for hydroxylation is 1. The van der Waals surface area contributed by atoms with Crippen LogP contribution in [0.4, 0.5) is 5.69 Å². The minimum absolute atomic E-state index is 0.228. The molecule has 3 aromatic carbocycles. The van der Waals surface area contributed by atoms with Gasteiger partial charge in [0.1, 0.15) is 11.5 Å². The number of amides is 2. The molecule has 0 aliphatic rings. The summed E-state index contributed by atoms with van der Waals surface area (Å²) in [5, 5.41) is 6.33. The van der Waals surface area contributed by atoms with Gasteiger partial charge in [0.05, 0.1) is 18.4 Å². The molecule has 0 saturated carbocycles. The third-order valence-corrected chi connectivity index (χ3v) is 5.08. The number of hydrazone groups is 1. The Morgan fingerprint density at radius 2 is 1.77 bits per heavy atom. The first kappa shape index (κ1) is 25.6. The molecule has 3 aromatic rings. The predicted octanol–water partition coefficient (Wildman–Crippen LogP) is 4.85. The standard InChI is InChI=1S/C26H24BrN3O5/c1-3-13-34-22-10-7-18(8-11-22)26(33)35-23-12-9-20(27)15-19(23)16-28-30-25(32)24(31)29-21-6-4-5-17(2)14-21/h4-12,14-16H,3,13H2,1-2H3,(H,29,31)(H,30,32)/b28-16+. The number of hydrogen-bond donors (Lipinski definition) is 2. The zero-order chi connectivity index (χ0) is 25.2. The molecule has 0 saturated heterocycles. The van der Waals surface area contributed by atoms with Crippen LogP contribution in [0.25, 0.3) is 0 Å². The second kappa shape index (κ2) is 12.5. The van der Waals surface area contributed by atoms with Gasteiger partial charge in [-0.1, -0.05) is 35.0 Å². The average Bonchev–Trinajstić information content (AvgIpc) is 2.84. The highest BCUT2D eigenvalue weighted by Gasteiger charge is 2.14. The van der Waals surface area contributed by atoms with Crippen molar-refractivity contribution < 1.29 is 23.9 Å². The van der Waals surface area contributed by atoms with Crippen molar-refractivity contribution >= 4 is 45.6 Å². The zero-order valence-electron chi connectivity index (χ0n) is 19.2. The van der Waals surface area contributed by atoms with Gasteiger partial charge in [0, 0.05) is 15.7 Å². The van der Waals surface area contributed by atoms with Crippen molar-refractivity contribution in [1.29, 1.82) is 0 Å². The summed E-state index contributed by atoms with van der Waals surface area (Å²) in [7, 11) is 0. The summed E-state index contributed by atoms with van der Waals surface area (Å²) in [4.78, 5) is 36.8. The number of hydrogen-bond acceptors (Lipinski definition) is 6. The summed E-state index contributed by atoms with van der Waals surface area (Å²) in [6, 6.07) is 18.7. The fourth-order valence-electron chi connectivity index (χ4n) is 2.90. The highest BCUT2D eigenvalue weighted by molar-refractivity contribution is 9.10. The quantitative estimate of drug-likeness (QED) is 0.140. The van der Waals surface area contributed by atoms with E-state index in [1.807, 2.05) is 19.9 Å². The zero-order valence-corrected chi connectivity index (χ0v) is 20.8. The van der Waals surface area contributed by atoms with E-state index in [4.69, 9.17) is 9.47 Å². The largest absolute Gasteiger partial charge is 0.494 e. The minimum atomic E-state index is -0.943. The minimum Gasteiger partial charge on any atom is -0.494 e. The highest BCUT2D eigenvalue weighted by atomic mass is 79.9. The number of benzene rings is 3. The molecule has 3 rings (SSSR count). The van der Waals surface area contributed by atoms with Gasteiger partial charge in [0.2, 0.25) is 0 Å². The Morgan fingerprint density at radius 1 is 1.00 bits per heavy atom. The lowest BCUT2D eigenvalue weighted by atomic mass is 10.2. The van der Waals surface area contributed by atoms with E-state index < -0.39 is 17.8 Å². The molecule has 35 heavy (non-hydrogen) atoms. The lowest BCUT2D eigenvalue weighted by Gasteiger charge is -2.09. The van der Waals surface area contributed by atoms with Crippen LogP contribution < -0.4 is 20.2 Å². The smallest absolute Gasteiger partial charge is 0.343 e. The van der Waals surface area contributed by atoms with Crippen LogP contribution in [0.1, 0.15) is 34.8 Å². The summed E-state index contributed by atoms with van der Waals surface area (Å²) in [5.74, 6) is -1.47. The molecule has 2 N–H and O–H groups in total. The number of rotatable bonds is 8. The summed E-state index contributed by atoms with van der Waals surface area (Å²) in [6.45, 7) is 4.48. The lowest BCUT2D eigenvalue weighted by Crippen LogP contribution is -2.32. The van der Waals surface area contributed by atoms with E-state index >= 15 is 0 Å². The van der Waals surface area contributed by atoms with Gasteiger partial charge >= 0.3 is 17.8 Å². The fourth-order valence-corrected chi connectivity index (χ4v) is 3.28. The number of halogens is 1. The van der Waals surface area contributed by atoms with Crippen molar-refractivity contribution in [3.05, 3.63) is 87.9 Å². The van der Waals surface area contributed by atoms with E-state index in [1.165, 1.54) is 6.21 Å². The molecular formula is C26H24BrN3O5. The van der Waals surface area contributed by atoms with Crippen LogP contribution in [-0.4, -0.2) is 30.6 Å². The third kappa shape index (κ3) is 7.79. The third-order valence-electron chi connectivity index (χ3n) is 4.59. The normalized spacial score (nSPS) is 10.6. The molecule has 0 unspecified atom stereocenters. The first-order chi connectivity index (χ1) is 16.9. The Bertz CT molecular complexity index is 1240. The van der Waals surface area contributed by atoms with E-state index in [1.54, 1.807) is 60.7 Å². The molecule has 0 bridgehead atoms. The van der Waals surface area contributed by atoms with Gasteiger partial charge in [-0.05, 0) is 73.5 Å². The van der Waals surface area contributed by atoms with Crippen LogP contribution in [-0.2, 0) is 9.59 Å². The van der Waals surface area contributed by atoms with E-state index in [0.717, 1.165) is 12.0 Å². The number of carbonyl (C=O) groups is 3. The maximum atomic E-state index is 12.6. The Labute approximate surface area is 211 Å². The summed E-state index contributed by atoms with van der Waals surface area (Å²) in [6.07, 6.45) is 2.17. The highest BCUT2D eigenvalue weighted by Crippen LogP contribution is 2.23. The van der Waals surface area contributed by atoms with Gasteiger partial charge in [0.25, 0.3) is 0 Å². The number of esters is 1. The molecule has 8 nitrogen and oxygen atoms in total. The van der Waals surface area contributed by atoms with Crippen LogP contribution in [0.5, 0.6) is 11.5 Å². The molecule has 0 heterocycles. The van der Waals surface area contributed by atoms with Gasteiger partial charge in [-0.3, -0.25) is 9.59 Å². The van der Waals surface area contributed by atoms with Gasteiger partial charge < -0.3 is 14.8 Å². The Hall–Kier alpha value is -3.98. The molecule has 180 valence electrons. The monoisotopic (exact) mass is 537 g/mol. The maximum Gasteiger partial charge on any atom is 0.343 e. The molecule has 0 fully saturated rings. The average molecular weight is 538 g/mol. The molecule has 9 heteroatoms. The molecule has 0 aromatic heterocycles. The molecule has 0 atom stereocenters. The first-order valence-corrected chi connectivity index (χ1v) is 11.6. The molecule has 2 amide bonds. The summed E-state index contributed by atoms with van der Waals surface area (Å²) < 4.78 is 11.7. The van der Waals surface area contributed by atoms with Crippen LogP contribution in [0.2, 0.25) is 0 Å². The van der Waals surface area contributed by atoms with Crippen molar-refractivity contribution in [2.75, 3.05) is 11.9 Å². The number of ether oxygens (including phenoxy) is 2. The Morgan fingerprint density at radius 3 is 2.49 bits per heavy atom. The van der Waals surface area contributed by atoms with Crippen LogP contribution in [0.15, 0.2) is 76.3 Å². The second-order valence-electron chi connectivity index (χ2n) is 7.47. The second-order valence-corrected chi connectivity index (χ2v) is 8.38. The summed E-state index contributed by atoms with van der Waals surface area (Å²) >= 11 is 3.36. The van der Waals surface area contributed by atoms with E-state index in [2.05, 4.69) is 31.8 Å². The van der Waals surface area contributed by atoms with Crippen LogP contribution in [0.3, 0.4) is 0 Å². The molecule has 0 spiro atoms. The van der Waals surface area contributed by atoms with E-state index in [0.29, 0.717) is 33.6 Å². The molecule has 0 aliphatic heterocycles. The van der Waals surface area contributed by atoms with Crippen molar-refractivity contribution in [2.45, 2.75) is 20.3 Å². The first-order valence-electron chi connectivity index (χ1n) is 10.8. The number of nitrogens with zero attached hydrogens (tertiary/aromatic N) is 1. The fraction of sp³-hybridized carbons (Fsp3) is 0.154. The molecule has 0 aliphatic carbocycles. The van der Waals surface area contributed by atoms with Crippen LogP contribution >= 0.6 is 15.9 Å². The number of nitrogens with one attached hydrogen (secondary N) is 2. The van der Waals surface area contributed by atoms with Gasteiger partial charge in [-0.25, -0.2) is 10.2 Å². The molecular weight excluding hydrogens is 514 g/mol.